The molecule has 0 aliphatic carbocycles. The summed E-state index contributed by atoms with van der Waals surface area (Å²) in [5.41, 5.74) is 7.87. The molecule has 0 saturated carbocycles. The molecule has 0 aromatic carbocycles. The Morgan fingerprint density at radius 3 is 2.56 bits per heavy atom. The van der Waals surface area contributed by atoms with E-state index in [0.717, 1.165) is 21.3 Å². The third-order valence-electron chi connectivity index (χ3n) is 2.23. The van der Waals surface area contributed by atoms with Crippen molar-refractivity contribution in [3.8, 4) is 11.3 Å². The van der Waals surface area contributed by atoms with Crippen molar-refractivity contribution in [2.75, 3.05) is 5.73 Å². The fourth-order valence-electron chi connectivity index (χ4n) is 1.36. The minimum atomic E-state index is 0.0409. The molecule has 2 N–H and O–H groups in total. The summed E-state index contributed by atoms with van der Waals surface area (Å²) in [4.78, 5) is 8.69. The van der Waals surface area contributed by atoms with Crippen LogP contribution >= 0.6 is 11.3 Å². The monoisotopic (exact) mass is 233 g/mol. The fourth-order valence-corrected chi connectivity index (χ4v) is 2.27. The number of aromatic nitrogens is 2. The zero-order valence-electron chi connectivity index (χ0n) is 9.69. The van der Waals surface area contributed by atoms with Gasteiger partial charge in [-0.05, 0) is 12.1 Å². The second-order valence-corrected chi connectivity index (χ2v) is 5.75. The molecule has 0 spiro atoms. The van der Waals surface area contributed by atoms with Crippen LogP contribution < -0.4 is 5.73 Å². The molecule has 0 bridgehead atoms. The molecule has 0 atom stereocenters. The zero-order chi connectivity index (χ0) is 11.8. The SMILES string of the molecule is CC(C)(C)c1nc(-c2cccnc2)c(N)s1. The summed E-state index contributed by atoms with van der Waals surface area (Å²) in [7, 11) is 0. The van der Waals surface area contributed by atoms with Gasteiger partial charge in [-0.3, -0.25) is 4.98 Å². The van der Waals surface area contributed by atoms with Crippen molar-refractivity contribution in [2.45, 2.75) is 26.2 Å². The number of anilines is 1. The van der Waals surface area contributed by atoms with E-state index in [4.69, 9.17) is 5.73 Å². The van der Waals surface area contributed by atoms with E-state index < -0.39 is 0 Å². The van der Waals surface area contributed by atoms with Gasteiger partial charge in [-0.25, -0.2) is 4.98 Å². The molecule has 0 fully saturated rings. The molecule has 2 aromatic heterocycles. The van der Waals surface area contributed by atoms with E-state index >= 15 is 0 Å². The molecule has 0 amide bonds. The Kier molecular flexibility index (Phi) is 2.68. The maximum Gasteiger partial charge on any atom is 0.114 e. The number of nitrogens with zero attached hydrogens (tertiary/aromatic N) is 2. The second-order valence-electron chi connectivity index (χ2n) is 4.72. The van der Waals surface area contributed by atoms with Crippen LogP contribution in [0.4, 0.5) is 5.00 Å². The molecular formula is C12H15N3S. The molecular weight excluding hydrogens is 218 g/mol. The van der Waals surface area contributed by atoms with Gasteiger partial charge in [-0.15, -0.1) is 11.3 Å². The average Bonchev–Trinajstić information content (AvgIpc) is 2.61. The van der Waals surface area contributed by atoms with Crippen molar-refractivity contribution >= 4 is 16.3 Å². The topological polar surface area (TPSA) is 51.8 Å². The lowest BCUT2D eigenvalue weighted by Gasteiger charge is -2.13. The van der Waals surface area contributed by atoms with Crippen LogP contribution in [0, 0.1) is 0 Å². The van der Waals surface area contributed by atoms with Crippen molar-refractivity contribution in [3.05, 3.63) is 29.5 Å². The van der Waals surface area contributed by atoms with E-state index in [9.17, 15) is 0 Å². The van der Waals surface area contributed by atoms with Gasteiger partial charge < -0.3 is 5.73 Å². The van der Waals surface area contributed by atoms with Crippen LogP contribution in [-0.4, -0.2) is 9.97 Å². The zero-order valence-corrected chi connectivity index (χ0v) is 10.5. The molecule has 16 heavy (non-hydrogen) atoms. The third kappa shape index (κ3) is 2.07. The van der Waals surface area contributed by atoms with Crippen LogP contribution in [0.5, 0.6) is 0 Å². The molecule has 2 heterocycles. The first-order chi connectivity index (χ1) is 7.48. The molecule has 2 aromatic rings. The van der Waals surface area contributed by atoms with E-state index in [1.54, 1.807) is 23.7 Å². The molecule has 0 unspecified atom stereocenters. The van der Waals surface area contributed by atoms with Crippen LogP contribution in [0.25, 0.3) is 11.3 Å². The quantitative estimate of drug-likeness (QED) is 0.823. The minimum Gasteiger partial charge on any atom is -0.389 e. The van der Waals surface area contributed by atoms with Gasteiger partial charge in [0.25, 0.3) is 0 Å². The Hall–Kier alpha value is -1.42. The molecule has 0 saturated heterocycles. The highest BCUT2D eigenvalue weighted by Gasteiger charge is 2.21. The molecule has 0 radical (unpaired) electrons. The van der Waals surface area contributed by atoms with Gasteiger partial charge in [0.1, 0.15) is 15.7 Å². The van der Waals surface area contributed by atoms with Gasteiger partial charge in [0, 0.05) is 23.4 Å². The largest absolute Gasteiger partial charge is 0.389 e. The molecule has 0 aliphatic heterocycles. The van der Waals surface area contributed by atoms with Crippen molar-refractivity contribution < 1.29 is 0 Å². The molecule has 3 nitrogen and oxygen atoms in total. The van der Waals surface area contributed by atoms with E-state index in [1.807, 2.05) is 12.1 Å². The van der Waals surface area contributed by atoms with E-state index in [1.165, 1.54) is 0 Å². The van der Waals surface area contributed by atoms with Gasteiger partial charge in [-0.2, -0.15) is 0 Å². The highest BCUT2D eigenvalue weighted by atomic mass is 32.1. The summed E-state index contributed by atoms with van der Waals surface area (Å²) < 4.78 is 0. The summed E-state index contributed by atoms with van der Waals surface area (Å²) in [6.07, 6.45) is 3.54. The summed E-state index contributed by atoms with van der Waals surface area (Å²) >= 11 is 1.56. The van der Waals surface area contributed by atoms with Crippen LogP contribution in [0.2, 0.25) is 0 Å². The standard InChI is InChI=1S/C12H15N3S/c1-12(2,3)11-15-9(10(13)16-11)8-5-4-6-14-7-8/h4-7H,13H2,1-3H3. The van der Waals surface area contributed by atoms with Gasteiger partial charge >= 0.3 is 0 Å². The van der Waals surface area contributed by atoms with Gasteiger partial charge in [0.2, 0.25) is 0 Å². The normalized spacial score (nSPS) is 11.7. The van der Waals surface area contributed by atoms with Crippen molar-refractivity contribution in [1.82, 2.24) is 9.97 Å². The number of hydrogen-bond acceptors (Lipinski definition) is 4. The first-order valence-corrected chi connectivity index (χ1v) is 5.97. The molecule has 2 rings (SSSR count). The molecule has 4 heteroatoms. The number of rotatable bonds is 1. The van der Waals surface area contributed by atoms with Crippen LogP contribution in [0.15, 0.2) is 24.5 Å². The first-order valence-electron chi connectivity index (χ1n) is 5.15. The average molecular weight is 233 g/mol. The third-order valence-corrected chi connectivity index (χ3v) is 3.54. The Morgan fingerprint density at radius 2 is 2.06 bits per heavy atom. The van der Waals surface area contributed by atoms with Crippen molar-refractivity contribution in [1.29, 1.82) is 0 Å². The number of pyridine rings is 1. The minimum absolute atomic E-state index is 0.0409. The summed E-state index contributed by atoms with van der Waals surface area (Å²) in [5, 5.41) is 1.82. The number of thiazole rings is 1. The van der Waals surface area contributed by atoms with Crippen LogP contribution in [-0.2, 0) is 5.41 Å². The van der Waals surface area contributed by atoms with Crippen molar-refractivity contribution in [3.63, 3.8) is 0 Å². The fraction of sp³-hybridized carbons (Fsp3) is 0.333. The Bertz CT molecular complexity index is 483. The summed E-state index contributed by atoms with van der Waals surface area (Å²) in [5.74, 6) is 0. The van der Waals surface area contributed by atoms with E-state index in [-0.39, 0.29) is 5.41 Å². The Labute approximate surface area is 99.4 Å². The van der Waals surface area contributed by atoms with Crippen LogP contribution in [0.3, 0.4) is 0 Å². The lowest BCUT2D eigenvalue weighted by molar-refractivity contribution is 0.586. The summed E-state index contributed by atoms with van der Waals surface area (Å²) in [6.45, 7) is 6.41. The van der Waals surface area contributed by atoms with Gasteiger partial charge in [-0.1, -0.05) is 20.8 Å². The molecule has 0 aliphatic rings. The molecule has 84 valence electrons. The Morgan fingerprint density at radius 1 is 1.31 bits per heavy atom. The predicted octanol–water partition coefficient (Wildman–Crippen LogP) is 3.08. The first kappa shape index (κ1) is 11.1. The highest BCUT2D eigenvalue weighted by Crippen LogP contribution is 2.35. The Balaban J connectivity index is 2.48. The number of hydrogen-bond donors (Lipinski definition) is 1. The maximum absolute atomic E-state index is 6.00. The lowest BCUT2D eigenvalue weighted by atomic mass is 9.98. The second kappa shape index (κ2) is 3.87. The number of nitrogen functional groups attached to an aromatic ring is 1. The lowest BCUT2D eigenvalue weighted by Crippen LogP contribution is -2.10. The van der Waals surface area contributed by atoms with Gasteiger partial charge in [0.05, 0.1) is 0 Å². The summed E-state index contributed by atoms with van der Waals surface area (Å²) in [6, 6.07) is 3.87. The predicted molar refractivity (Wildman–Crippen MR) is 68.5 cm³/mol. The van der Waals surface area contributed by atoms with Crippen molar-refractivity contribution in [2.24, 2.45) is 0 Å². The van der Waals surface area contributed by atoms with E-state index in [0.29, 0.717) is 0 Å². The van der Waals surface area contributed by atoms with Gasteiger partial charge in [0.15, 0.2) is 0 Å². The highest BCUT2D eigenvalue weighted by molar-refractivity contribution is 7.16. The maximum atomic E-state index is 6.00. The van der Waals surface area contributed by atoms with E-state index in [2.05, 4.69) is 30.7 Å². The smallest absolute Gasteiger partial charge is 0.114 e. The number of nitrogens with two attached hydrogens (primary N) is 1. The van der Waals surface area contributed by atoms with Crippen LogP contribution in [0.1, 0.15) is 25.8 Å².